The molecule has 0 unspecified atom stereocenters. The zero-order chi connectivity index (χ0) is 16.8. The molecule has 0 amide bonds. The Labute approximate surface area is 136 Å². The molecule has 7 heteroatoms. The number of nitriles is 1. The van der Waals surface area contributed by atoms with Gasteiger partial charge >= 0.3 is 5.97 Å². The molecule has 0 aliphatic heterocycles. The highest BCUT2D eigenvalue weighted by Crippen LogP contribution is 2.19. The first kappa shape index (κ1) is 16.2. The molecule has 6 nitrogen and oxygen atoms in total. The van der Waals surface area contributed by atoms with Gasteiger partial charge in [0.05, 0.1) is 4.92 Å². The van der Waals surface area contributed by atoms with Crippen molar-refractivity contribution in [3.63, 3.8) is 0 Å². The highest BCUT2D eigenvalue weighted by molar-refractivity contribution is 6.30. The van der Waals surface area contributed by atoms with Crippen LogP contribution in [0.5, 0.6) is 5.75 Å². The van der Waals surface area contributed by atoms with Gasteiger partial charge in [0.25, 0.3) is 5.69 Å². The van der Waals surface area contributed by atoms with E-state index in [2.05, 4.69) is 0 Å². The van der Waals surface area contributed by atoms with Crippen LogP contribution in [0.3, 0.4) is 0 Å². The molecule has 0 aromatic heterocycles. The number of hydrogen-bond acceptors (Lipinski definition) is 5. The van der Waals surface area contributed by atoms with Crippen molar-refractivity contribution >= 4 is 29.3 Å². The third-order valence-corrected chi connectivity index (χ3v) is 3.03. The summed E-state index contributed by atoms with van der Waals surface area (Å²) in [5.41, 5.74) is 0.291. The zero-order valence-electron chi connectivity index (χ0n) is 11.6. The minimum absolute atomic E-state index is 0.109. The Morgan fingerprint density at radius 3 is 2.30 bits per heavy atom. The number of nitrogens with zero attached hydrogens (tertiary/aromatic N) is 2. The molecule has 2 aromatic carbocycles. The maximum Gasteiger partial charge on any atom is 0.354 e. The third-order valence-electron chi connectivity index (χ3n) is 2.78. The largest absolute Gasteiger partial charge is 0.422 e. The number of carbonyl (C=O) groups excluding carboxylic acids is 1. The van der Waals surface area contributed by atoms with Crippen molar-refractivity contribution in [2.75, 3.05) is 0 Å². The zero-order valence-corrected chi connectivity index (χ0v) is 12.4. The molecule has 0 fully saturated rings. The Balaban J connectivity index is 2.15. The molecule has 0 saturated heterocycles. The van der Waals surface area contributed by atoms with E-state index in [1.54, 1.807) is 30.3 Å². The molecule has 0 aliphatic rings. The molecule has 0 atom stereocenters. The number of nitro groups is 1. The van der Waals surface area contributed by atoms with Crippen LogP contribution < -0.4 is 4.74 Å². The fraction of sp³-hybridized carbons (Fsp3) is 0. The number of halogens is 1. The van der Waals surface area contributed by atoms with E-state index in [0.29, 0.717) is 10.6 Å². The smallest absolute Gasteiger partial charge is 0.354 e. The van der Waals surface area contributed by atoms with Gasteiger partial charge in [0, 0.05) is 17.2 Å². The van der Waals surface area contributed by atoms with Crippen LogP contribution in [-0.4, -0.2) is 10.9 Å². The summed E-state index contributed by atoms with van der Waals surface area (Å²) in [6.07, 6.45) is 1.37. The normalized spacial score (nSPS) is 10.7. The number of ether oxygens (including phenoxy) is 1. The predicted molar refractivity (Wildman–Crippen MR) is 83.8 cm³/mol. The Kier molecular flexibility index (Phi) is 5.07. The fourth-order valence-corrected chi connectivity index (χ4v) is 1.79. The summed E-state index contributed by atoms with van der Waals surface area (Å²) >= 11 is 5.76. The van der Waals surface area contributed by atoms with Gasteiger partial charge in [-0.25, -0.2) is 4.79 Å². The van der Waals surface area contributed by atoms with Gasteiger partial charge in [-0.15, -0.1) is 0 Å². The molecule has 0 spiro atoms. The second-order valence-corrected chi connectivity index (χ2v) is 4.80. The van der Waals surface area contributed by atoms with Crippen LogP contribution in [0.4, 0.5) is 5.69 Å². The minimum Gasteiger partial charge on any atom is -0.422 e. The van der Waals surface area contributed by atoms with E-state index in [-0.39, 0.29) is 17.0 Å². The van der Waals surface area contributed by atoms with E-state index in [1.165, 1.54) is 30.3 Å². The van der Waals surface area contributed by atoms with E-state index in [9.17, 15) is 14.9 Å². The summed E-state index contributed by atoms with van der Waals surface area (Å²) in [4.78, 5) is 22.0. The van der Waals surface area contributed by atoms with Gasteiger partial charge in [0.2, 0.25) is 0 Å². The molecular weight excluding hydrogens is 320 g/mol. The van der Waals surface area contributed by atoms with Gasteiger partial charge in [-0.05, 0) is 35.9 Å². The quantitative estimate of drug-likeness (QED) is 0.213. The number of nitro benzene ring substituents is 1. The molecule has 0 heterocycles. The second kappa shape index (κ2) is 7.20. The van der Waals surface area contributed by atoms with E-state index in [1.807, 2.05) is 0 Å². The van der Waals surface area contributed by atoms with Crippen molar-refractivity contribution in [2.45, 2.75) is 0 Å². The number of esters is 1. The summed E-state index contributed by atoms with van der Waals surface area (Å²) in [7, 11) is 0. The van der Waals surface area contributed by atoms with Crippen molar-refractivity contribution in [1.29, 1.82) is 5.26 Å². The lowest BCUT2D eigenvalue weighted by Gasteiger charge is -2.03. The maximum absolute atomic E-state index is 12.0. The molecule has 0 saturated carbocycles. The number of carbonyl (C=O) groups is 1. The van der Waals surface area contributed by atoms with Crippen molar-refractivity contribution in [3.05, 3.63) is 74.8 Å². The molecule has 2 aromatic rings. The summed E-state index contributed by atoms with van der Waals surface area (Å²) in [6.45, 7) is 0. The Morgan fingerprint density at radius 2 is 1.78 bits per heavy atom. The topological polar surface area (TPSA) is 93.2 Å². The maximum atomic E-state index is 12.0. The molecule has 0 radical (unpaired) electrons. The highest BCUT2D eigenvalue weighted by atomic mass is 35.5. The van der Waals surface area contributed by atoms with Crippen molar-refractivity contribution < 1.29 is 14.5 Å². The average molecular weight is 329 g/mol. The monoisotopic (exact) mass is 328 g/mol. The first-order valence-electron chi connectivity index (χ1n) is 6.33. The molecular formula is C16H9ClN2O4. The average Bonchev–Trinajstić information content (AvgIpc) is 2.54. The van der Waals surface area contributed by atoms with E-state index >= 15 is 0 Å². The van der Waals surface area contributed by atoms with Crippen LogP contribution in [0.15, 0.2) is 54.1 Å². The predicted octanol–water partition coefficient (Wildman–Crippen LogP) is 3.76. The molecule has 23 heavy (non-hydrogen) atoms. The molecule has 2 rings (SSSR count). The van der Waals surface area contributed by atoms with Crippen LogP contribution in [0.1, 0.15) is 5.56 Å². The van der Waals surface area contributed by atoms with Crippen LogP contribution in [0.2, 0.25) is 5.02 Å². The number of non-ortho nitro benzene ring substituents is 1. The van der Waals surface area contributed by atoms with Crippen LogP contribution >= 0.6 is 11.6 Å². The lowest BCUT2D eigenvalue weighted by atomic mass is 10.1. The van der Waals surface area contributed by atoms with Crippen LogP contribution in [-0.2, 0) is 4.79 Å². The molecule has 0 aliphatic carbocycles. The van der Waals surface area contributed by atoms with Gasteiger partial charge in [-0.2, -0.15) is 5.26 Å². The summed E-state index contributed by atoms with van der Waals surface area (Å²) in [5, 5.41) is 20.2. The highest BCUT2D eigenvalue weighted by Gasteiger charge is 2.13. The van der Waals surface area contributed by atoms with Gasteiger partial charge < -0.3 is 4.74 Å². The molecule has 114 valence electrons. The van der Waals surface area contributed by atoms with E-state index in [0.717, 1.165) is 0 Å². The Morgan fingerprint density at radius 1 is 1.17 bits per heavy atom. The van der Waals surface area contributed by atoms with Crippen LogP contribution in [0.25, 0.3) is 6.08 Å². The van der Waals surface area contributed by atoms with Crippen molar-refractivity contribution in [3.8, 4) is 11.8 Å². The molecule has 0 N–H and O–H groups in total. The SMILES string of the molecule is N#C/C(=C\c1ccc(Cl)cc1)C(=O)Oc1ccc([N+](=O)[O-])cc1. The second-order valence-electron chi connectivity index (χ2n) is 4.36. The minimum atomic E-state index is -0.851. The fourth-order valence-electron chi connectivity index (χ4n) is 1.66. The number of hydrogen-bond donors (Lipinski definition) is 0. The Hall–Kier alpha value is -3.17. The van der Waals surface area contributed by atoms with E-state index < -0.39 is 10.9 Å². The van der Waals surface area contributed by atoms with Gasteiger partial charge in [0.15, 0.2) is 0 Å². The van der Waals surface area contributed by atoms with Crippen molar-refractivity contribution in [2.24, 2.45) is 0 Å². The third kappa shape index (κ3) is 4.40. The summed E-state index contributed by atoms with van der Waals surface area (Å²) in [5.74, 6) is -0.742. The van der Waals surface area contributed by atoms with E-state index in [4.69, 9.17) is 21.6 Å². The first-order chi connectivity index (χ1) is 11.0. The Bertz CT molecular complexity index is 805. The standard InChI is InChI=1S/C16H9ClN2O4/c17-13-3-1-11(2-4-13)9-12(10-18)16(20)23-15-7-5-14(6-8-15)19(21)22/h1-9H/b12-9+. The number of benzene rings is 2. The van der Waals surface area contributed by atoms with Gasteiger partial charge in [-0.3, -0.25) is 10.1 Å². The summed E-state index contributed by atoms with van der Waals surface area (Å²) in [6, 6.07) is 13.3. The number of rotatable bonds is 4. The lowest BCUT2D eigenvalue weighted by Crippen LogP contribution is -2.10. The van der Waals surface area contributed by atoms with Crippen LogP contribution in [0, 0.1) is 21.4 Å². The lowest BCUT2D eigenvalue weighted by molar-refractivity contribution is -0.384. The van der Waals surface area contributed by atoms with Gasteiger partial charge in [-0.1, -0.05) is 23.7 Å². The van der Waals surface area contributed by atoms with Crippen molar-refractivity contribution in [1.82, 2.24) is 0 Å². The first-order valence-corrected chi connectivity index (χ1v) is 6.71. The molecule has 0 bridgehead atoms. The van der Waals surface area contributed by atoms with Gasteiger partial charge in [0.1, 0.15) is 17.4 Å². The summed E-state index contributed by atoms with van der Waals surface area (Å²) < 4.78 is 5.02.